The molecule has 0 fully saturated rings. The summed E-state index contributed by atoms with van der Waals surface area (Å²) in [5.74, 6) is -0.172. The van der Waals surface area contributed by atoms with Crippen LogP contribution in [0.3, 0.4) is 0 Å². The van der Waals surface area contributed by atoms with Crippen LogP contribution in [0.25, 0.3) is 0 Å². The Morgan fingerprint density at radius 2 is 1.64 bits per heavy atom. The predicted molar refractivity (Wildman–Crippen MR) is 88.1 cm³/mol. The fourth-order valence-electron chi connectivity index (χ4n) is 2.07. The Morgan fingerprint density at radius 1 is 0.955 bits per heavy atom. The van der Waals surface area contributed by atoms with Crippen molar-refractivity contribution in [2.24, 2.45) is 0 Å². The number of benzene rings is 2. The van der Waals surface area contributed by atoms with Crippen LogP contribution in [0.1, 0.15) is 27.0 Å². The number of hydrogen-bond donors (Lipinski definition) is 2. The number of likely N-dealkylation sites (N-methyl/N-ethyl adjacent to an activating group) is 1. The first kappa shape index (κ1) is 15.8. The lowest BCUT2D eigenvalue weighted by Crippen LogP contribution is -2.19. The summed E-state index contributed by atoms with van der Waals surface area (Å²) >= 11 is 0. The summed E-state index contributed by atoms with van der Waals surface area (Å²) in [6.07, 6.45) is 0.335. The van der Waals surface area contributed by atoms with Gasteiger partial charge in [-0.3, -0.25) is 9.59 Å². The Bertz CT molecular complexity index is 691. The molecule has 0 atom stereocenters. The minimum atomic E-state index is -0.137. The first-order valence-corrected chi connectivity index (χ1v) is 7.17. The van der Waals surface area contributed by atoms with Crippen LogP contribution in [0.5, 0.6) is 0 Å². The zero-order valence-electron chi connectivity index (χ0n) is 13.1. The molecule has 0 bridgehead atoms. The van der Waals surface area contributed by atoms with E-state index in [1.807, 2.05) is 44.2 Å². The van der Waals surface area contributed by atoms with Gasteiger partial charge in [0.15, 0.2) is 0 Å². The van der Waals surface area contributed by atoms with E-state index in [0.29, 0.717) is 17.7 Å². The molecule has 0 radical (unpaired) electrons. The molecule has 0 aliphatic rings. The molecule has 2 aromatic rings. The first-order chi connectivity index (χ1) is 10.5. The highest BCUT2D eigenvalue weighted by molar-refractivity contribution is 6.04. The summed E-state index contributed by atoms with van der Waals surface area (Å²) in [5.41, 5.74) is 4.51. The molecule has 2 aromatic carbocycles. The van der Waals surface area contributed by atoms with Crippen molar-refractivity contribution in [3.05, 3.63) is 64.7 Å². The van der Waals surface area contributed by atoms with Gasteiger partial charge in [0, 0.05) is 18.3 Å². The zero-order chi connectivity index (χ0) is 16.1. The molecule has 114 valence electrons. The normalized spacial score (nSPS) is 10.1. The van der Waals surface area contributed by atoms with E-state index in [2.05, 4.69) is 10.6 Å². The highest BCUT2D eigenvalue weighted by Gasteiger charge is 2.07. The van der Waals surface area contributed by atoms with Crippen LogP contribution in [-0.4, -0.2) is 18.9 Å². The van der Waals surface area contributed by atoms with Crippen molar-refractivity contribution in [2.45, 2.75) is 20.3 Å². The van der Waals surface area contributed by atoms with Crippen molar-refractivity contribution in [3.8, 4) is 0 Å². The van der Waals surface area contributed by atoms with Crippen molar-refractivity contribution >= 4 is 17.5 Å². The Balaban J connectivity index is 2.05. The van der Waals surface area contributed by atoms with Crippen molar-refractivity contribution < 1.29 is 9.59 Å². The third-order valence-electron chi connectivity index (χ3n) is 3.62. The fourth-order valence-corrected chi connectivity index (χ4v) is 2.07. The number of carbonyl (C=O) groups is 2. The van der Waals surface area contributed by atoms with Crippen LogP contribution in [0.4, 0.5) is 5.69 Å². The molecule has 0 unspecified atom stereocenters. The van der Waals surface area contributed by atoms with E-state index in [0.717, 1.165) is 16.7 Å². The Hall–Kier alpha value is -2.62. The van der Waals surface area contributed by atoms with Gasteiger partial charge in [-0.25, -0.2) is 0 Å². The van der Waals surface area contributed by atoms with Gasteiger partial charge in [0.1, 0.15) is 0 Å². The van der Waals surface area contributed by atoms with Crippen LogP contribution >= 0.6 is 0 Å². The molecule has 0 saturated heterocycles. The van der Waals surface area contributed by atoms with Gasteiger partial charge in [0.2, 0.25) is 5.91 Å². The summed E-state index contributed by atoms with van der Waals surface area (Å²) in [6, 6.07) is 12.9. The van der Waals surface area contributed by atoms with E-state index in [-0.39, 0.29) is 11.8 Å². The molecular formula is C18H20N2O2. The second kappa shape index (κ2) is 6.89. The van der Waals surface area contributed by atoms with E-state index in [1.54, 1.807) is 19.2 Å². The van der Waals surface area contributed by atoms with Crippen LogP contribution in [-0.2, 0) is 11.2 Å². The summed E-state index contributed by atoms with van der Waals surface area (Å²) < 4.78 is 0. The van der Waals surface area contributed by atoms with E-state index in [1.165, 1.54) is 0 Å². The van der Waals surface area contributed by atoms with Gasteiger partial charge in [-0.05, 0) is 54.8 Å². The number of hydrogen-bond acceptors (Lipinski definition) is 2. The summed E-state index contributed by atoms with van der Waals surface area (Å²) in [4.78, 5) is 23.5. The van der Waals surface area contributed by atoms with Crippen molar-refractivity contribution in [1.29, 1.82) is 0 Å². The molecule has 0 heterocycles. The molecule has 2 N–H and O–H groups in total. The molecule has 0 aromatic heterocycles. The molecular weight excluding hydrogens is 276 g/mol. The fraction of sp³-hybridized carbons (Fsp3) is 0.222. The summed E-state index contributed by atoms with van der Waals surface area (Å²) in [5, 5.41) is 5.44. The third-order valence-corrected chi connectivity index (χ3v) is 3.62. The molecule has 2 rings (SSSR count). The van der Waals surface area contributed by atoms with Gasteiger partial charge in [-0.15, -0.1) is 0 Å². The lowest BCUT2D eigenvalue weighted by atomic mass is 10.1. The number of amides is 2. The van der Waals surface area contributed by atoms with E-state index in [4.69, 9.17) is 0 Å². The number of rotatable bonds is 4. The highest BCUT2D eigenvalue weighted by atomic mass is 16.2. The van der Waals surface area contributed by atoms with Gasteiger partial charge in [0.25, 0.3) is 5.91 Å². The zero-order valence-corrected chi connectivity index (χ0v) is 13.1. The largest absolute Gasteiger partial charge is 0.359 e. The SMILES string of the molecule is CNC(=O)Cc1ccc(NC(=O)c2ccc(C)c(C)c2)cc1. The van der Waals surface area contributed by atoms with Crippen molar-refractivity contribution in [2.75, 3.05) is 12.4 Å². The average Bonchev–Trinajstić information content (AvgIpc) is 2.51. The standard InChI is InChI=1S/C18H20N2O2/c1-12-4-7-15(10-13(12)2)18(22)20-16-8-5-14(6-9-16)11-17(21)19-3/h4-10H,11H2,1-3H3,(H,19,21)(H,20,22). The lowest BCUT2D eigenvalue weighted by Gasteiger charge is -2.08. The number of anilines is 1. The Morgan fingerprint density at radius 3 is 2.23 bits per heavy atom. The van der Waals surface area contributed by atoms with E-state index >= 15 is 0 Å². The average molecular weight is 296 g/mol. The molecule has 4 heteroatoms. The second-order valence-electron chi connectivity index (χ2n) is 5.30. The Labute approximate surface area is 130 Å². The van der Waals surface area contributed by atoms with Gasteiger partial charge in [-0.2, -0.15) is 0 Å². The number of carbonyl (C=O) groups excluding carboxylic acids is 2. The second-order valence-corrected chi connectivity index (χ2v) is 5.30. The molecule has 2 amide bonds. The van der Waals surface area contributed by atoms with Crippen molar-refractivity contribution in [1.82, 2.24) is 5.32 Å². The van der Waals surface area contributed by atoms with Crippen LogP contribution in [0.2, 0.25) is 0 Å². The lowest BCUT2D eigenvalue weighted by molar-refractivity contribution is -0.119. The molecule has 22 heavy (non-hydrogen) atoms. The summed E-state index contributed by atoms with van der Waals surface area (Å²) in [6.45, 7) is 4.00. The Kier molecular flexibility index (Phi) is 4.94. The van der Waals surface area contributed by atoms with Crippen LogP contribution in [0.15, 0.2) is 42.5 Å². The van der Waals surface area contributed by atoms with E-state index in [9.17, 15) is 9.59 Å². The highest BCUT2D eigenvalue weighted by Crippen LogP contribution is 2.14. The van der Waals surface area contributed by atoms with E-state index < -0.39 is 0 Å². The third kappa shape index (κ3) is 3.95. The maximum atomic E-state index is 12.2. The maximum absolute atomic E-state index is 12.2. The van der Waals surface area contributed by atoms with Crippen LogP contribution in [0, 0.1) is 13.8 Å². The quantitative estimate of drug-likeness (QED) is 0.911. The maximum Gasteiger partial charge on any atom is 0.255 e. The van der Waals surface area contributed by atoms with Gasteiger partial charge >= 0.3 is 0 Å². The van der Waals surface area contributed by atoms with Gasteiger partial charge in [-0.1, -0.05) is 18.2 Å². The minimum Gasteiger partial charge on any atom is -0.359 e. The monoisotopic (exact) mass is 296 g/mol. The van der Waals surface area contributed by atoms with Gasteiger partial charge < -0.3 is 10.6 Å². The molecule has 0 aliphatic heterocycles. The molecule has 0 saturated carbocycles. The molecule has 0 spiro atoms. The first-order valence-electron chi connectivity index (χ1n) is 7.17. The smallest absolute Gasteiger partial charge is 0.255 e. The molecule has 4 nitrogen and oxygen atoms in total. The predicted octanol–water partition coefficient (Wildman–Crippen LogP) is 2.84. The minimum absolute atomic E-state index is 0.0353. The van der Waals surface area contributed by atoms with Crippen molar-refractivity contribution in [3.63, 3.8) is 0 Å². The number of nitrogens with one attached hydrogen (secondary N) is 2. The summed E-state index contributed by atoms with van der Waals surface area (Å²) in [7, 11) is 1.61. The van der Waals surface area contributed by atoms with Gasteiger partial charge in [0.05, 0.1) is 6.42 Å². The van der Waals surface area contributed by atoms with Crippen LogP contribution < -0.4 is 10.6 Å². The number of aryl methyl sites for hydroxylation is 2. The molecule has 0 aliphatic carbocycles. The topological polar surface area (TPSA) is 58.2 Å².